The summed E-state index contributed by atoms with van der Waals surface area (Å²) in [5, 5.41) is 20.7. The summed E-state index contributed by atoms with van der Waals surface area (Å²) in [6.45, 7) is 1.86. The minimum Gasteiger partial charge on any atom is -0.481 e. The number of carboxylic acid groups (broad SMARTS) is 1. The molecule has 1 aliphatic rings. The van der Waals surface area contributed by atoms with Crippen molar-refractivity contribution in [2.75, 3.05) is 13.2 Å². The van der Waals surface area contributed by atoms with E-state index >= 15 is 0 Å². The van der Waals surface area contributed by atoms with Gasteiger partial charge in [0.15, 0.2) is 0 Å². The van der Waals surface area contributed by atoms with Gasteiger partial charge >= 0.3 is 5.97 Å². The second-order valence-corrected chi connectivity index (χ2v) is 4.29. The molecule has 0 aliphatic carbocycles. The van der Waals surface area contributed by atoms with Crippen molar-refractivity contribution in [3.63, 3.8) is 0 Å². The highest BCUT2D eigenvalue weighted by Gasteiger charge is 2.28. The Hall–Kier alpha value is -1.14. The normalized spacial score (nSPS) is 23.8. The number of carbonyl (C=O) groups is 2. The summed E-state index contributed by atoms with van der Waals surface area (Å²) < 4.78 is 5.15. The first kappa shape index (κ1) is 12.9. The van der Waals surface area contributed by atoms with Gasteiger partial charge in [-0.2, -0.15) is 0 Å². The van der Waals surface area contributed by atoms with Crippen molar-refractivity contribution in [1.29, 1.82) is 0 Å². The van der Waals surface area contributed by atoms with Gasteiger partial charge in [-0.15, -0.1) is 0 Å². The van der Waals surface area contributed by atoms with Crippen LogP contribution in [0.4, 0.5) is 0 Å². The molecule has 0 spiro atoms. The minimum absolute atomic E-state index is 0.0853. The van der Waals surface area contributed by atoms with Gasteiger partial charge in [0.1, 0.15) is 6.10 Å². The molecule has 16 heavy (non-hydrogen) atoms. The smallest absolute Gasteiger partial charge is 0.306 e. The van der Waals surface area contributed by atoms with Crippen LogP contribution < -0.4 is 5.32 Å². The molecule has 0 aromatic rings. The molecule has 2 atom stereocenters. The lowest BCUT2D eigenvalue weighted by molar-refractivity contribution is -0.143. The van der Waals surface area contributed by atoms with Crippen LogP contribution in [0.5, 0.6) is 0 Å². The van der Waals surface area contributed by atoms with Crippen LogP contribution in [0.25, 0.3) is 0 Å². The molecule has 1 fully saturated rings. The largest absolute Gasteiger partial charge is 0.481 e. The molecule has 6 heteroatoms. The van der Waals surface area contributed by atoms with E-state index in [1.807, 2.05) is 0 Å². The van der Waals surface area contributed by atoms with Crippen molar-refractivity contribution in [2.45, 2.75) is 37.9 Å². The van der Waals surface area contributed by atoms with Gasteiger partial charge in [-0.1, -0.05) is 0 Å². The van der Waals surface area contributed by atoms with Crippen LogP contribution in [0.3, 0.4) is 0 Å². The molecule has 0 radical (unpaired) electrons. The summed E-state index contributed by atoms with van der Waals surface area (Å²) in [4.78, 5) is 21.9. The Balaban J connectivity index is 2.32. The zero-order chi connectivity index (χ0) is 12.2. The fourth-order valence-electron chi connectivity index (χ4n) is 1.56. The van der Waals surface area contributed by atoms with Crippen LogP contribution in [0.2, 0.25) is 0 Å². The maximum atomic E-state index is 11.5. The van der Waals surface area contributed by atoms with Crippen molar-refractivity contribution in [3.8, 4) is 0 Å². The molecular formula is C10H17NO5. The van der Waals surface area contributed by atoms with Crippen LogP contribution in [-0.2, 0) is 14.3 Å². The highest BCUT2D eigenvalue weighted by atomic mass is 16.5. The highest BCUT2D eigenvalue weighted by Crippen LogP contribution is 2.13. The van der Waals surface area contributed by atoms with Crippen molar-refractivity contribution in [2.24, 2.45) is 0 Å². The van der Waals surface area contributed by atoms with Gasteiger partial charge in [-0.25, -0.2) is 0 Å². The Morgan fingerprint density at radius 3 is 2.75 bits per heavy atom. The quantitative estimate of drug-likeness (QED) is 0.593. The molecule has 0 saturated carbocycles. The third kappa shape index (κ3) is 4.16. The van der Waals surface area contributed by atoms with E-state index in [-0.39, 0.29) is 12.5 Å². The van der Waals surface area contributed by atoms with E-state index in [0.717, 1.165) is 6.42 Å². The SMILES string of the molecule is CC(O)(CNC(=O)[C@@H]1CCCO1)CC(=O)O. The lowest BCUT2D eigenvalue weighted by atomic mass is 10.0. The van der Waals surface area contributed by atoms with Gasteiger partial charge in [0.25, 0.3) is 0 Å². The number of hydrogen-bond acceptors (Lipinski definition) is 4. The van der Waals surface area contributed by atoms with Gasteiger partial charge in [0.2, 0.25) is 5.91 Å². The molecule has 0 bridgehead atoms. The standard InChI is InChI=1S/C10H17NO5/c1-10(15,5-8(12)13)6-11-9(14)7-3-2-4-16-7/h7,15H,2-6H2,1H3,(H,11,14)(H,12,13)/t7-,10?/m0/s1. The monoisotopic (exact) mass is 231 g/mol. The lowest BCUT2D eigenvalue weighted by Crippen LogP contribution is -2.45. The Labute approximate surface area is 93.6 Å². The molecular weight excluding hydrogens is 214 g/mol. The molecule has 1 heterocycles. The number of carbonyl (C=O) groups excluding carboxylic acids is 1. The second kappa shape index (κ2) is 5.27. The summed E-state index contributed by atoms with van der Waals surface area (Å²) >= 11 is 0. The first-order chi connectivity index (χ1) is 7.41. The van der Waals surface area contributed by atoms with E-state index < -0.39 is 24.1 Å². The number of carboxylic acids is 1. The molecule has 1 amide bonds. The maximum absolute atomic E-state index is 11.5. The van der Waals surface area contributed by atoms with E-state index in [1.165, 1.54) is 6.92 Å². The third-order valence-corrected chi connectivity index (χ3v) is 2.40. The van der Waals surface area contributed by atoms with E-state index in [0.29, 0.717) is 13.0 Å². The number of hydrogen-bond donors (Lipinski definition) is 3. The summed E-state index contributed by atoms with van der Waals surface area (Å²) in [5.41, 5.74) is -1.43. The zero-order valence-corrected chi connectivity index (χ0v) is 9.23. The molecule has 1 saturated heterocycles. The van der Waals surface area contributed by atoms with E-state index in [1.54, 1.807) is 0 Å². The van der Waals surface area contributed by atoms with Crippen molar-refractivity contribution in [1.82, 2.24) is 5.32 Å². The van der Waals surface area contributed by atoms with Gasteiger partial charge in [-0.3, -0.25) is 9.59 Å². The van der Waals surface area contributed by atoms with E-state index in [2.05, 4.69) is 5.32 Å². The lowest BCUT2D eigenvalue weighted by Gasteiger charge is -2.22. The van der Waals surface area contributed by atoms with Crippen molar-refractivity contribution < 1.29 is 24.5 Å². The van der Waals surface area contributed by atoms with E-state index in [9.17, 15) is 14.7 Å². The molecule has 1 unspecified atom stereocenters. The van der Waals surface area contributed by atoms with Gasteiger partial charge < -0.3 is 20.3 Å². The Bertz CT molecular complexity index is 270. The number of rotatable bonds is 5. The fraction of sp³-hybridized carbons (Fsp3) is 0.800. The Kier molecular flexibility index (Phi) is 4.26. The summed E-state index contributed by atoms with van der Waals surface area (Å²) in [6.07, 6.45) is 0.663. The van der Waals surface area contributed by atoms with E-state index in [4.69, 9.17) is 9.84 Å². The second-order valence-electron chi connectivity index (χ2n) is 4.29. The van der Waals surface area contributed by atoms with Crippen LogP contribution >= 0.6 is 0 Å². The minimum atomic E-state index is -1.43. The summed E-state index contributed by atoms with van der Waals surface area (Å²) in [6, 6.07) is 0. The topological polar surface area (TPSA) is 95.9 Å². The summed E-state index contributed by atoms with van der Waals surface area (Å²) in [7, 11) is 0. The van der Waals surface area contributed by atoms with Crippen LogP contribution in [0.1, 0.15) is 26.2 Å². The first-order valence-corrected chi connectivity index (χ1v) is 5.24. The average Bonchev–Trinajstić information content (AvgIpc) is 2.64. The maximum Gasteiger partial charge on any atom is 0.306 e. The summed E-state index contributed by atoms with van der Waals surface area (Å²) in [5.74, 6) is -1.39. The van der Waals surface area contributed by atoms with Gasteiger partial charge in [0.05, 0.1) is 12.0 Å². The number of nitrogens with one attached hydrogen (secondary N) is 1. The fourth-order valence-corrected chi connectivity index (χ4v) is 1.56. The van der Waals surface area contributed by atoms with Crippen LogP contribution in [0, 0.1) is 0 Å². The average molecular weight is 231 g/mol. The number of aliphatic hydroxyl groups is 1. The number of ether oxygens (including phenoxy) is 1. The highest BCUT2D eigenvalue weighted by molar-refractivity contribution is 5.81. The Morgan fingerprint density at radius 2 is 2.25 bits per heavy atom. The Morgan fingerprint density at radius 1 is 1.56 bits per heavy atom. The van der Waals surface area contributed by atoms with Crippen molar-refractivity contribution >= 4 is 11.9 Å². The predicted molar refractivity (Wildman–Crippen MR) is 54.9 cm³/mol. The molecule has 92 valence electrons. The molecule has 0 aromatic heterocycles. The number of aliphatic carboxylic acids is 1. The number of amides is 1. The molecule has 1 rings (SSSR count). The molecule has 0 aromatic carbocycles. The zero-order valence-electron chi connectivity index (χ0n) is 9.23. The van der Waals surface area contributed by atoms with Gasteiger partial charge in [0, 0.05) is 13.2 Å². The van der Waals surface area contributed by atoms with Gasteiger partial charge in [-0.05, 0) is 19.8 Å². The van der Waals surface area contributed by atoms with Crippen LogP contribution in [0.15, 0.2) is 0 Å². The van der Waals surface area contributed by atoms with Crippen molar-refractivity contribution in [3.05, 3.63) is 0 Å². The first-order valence-electron chi connectivity index (χ1n) is 5.24. The molecule has 6 nitrogen and oxygen atoms in total. The van der Waals surface area contributed by atoms with Crippen LogP contribution in [-0.4, -0.2) is 46.9 Å². The molecule has 3 N–H and O–H groups in total. The molecule has 1 aliphatic heterocycles. The third-order valence-electron chi connectivity index (χ3n) is 2.40. The predicted octanol–water partition coefficient (Wildman–Crippen LogP) is -0.493.